The van der Waals surface area contributed by atoms with Crippen LogP contribution in [0.25, 0.3) is 0 Å². The predicted molar refractivity (Wildman–Crippen MR) is 80.5 cm³/mol. The maximum atomic E-state index is 9.90. The Balaban J connectivity index is 1.83. The minimum atomic E-state index is -0.676. The van der Waals surface area contributed by atoms with Crippen LogP contribution in [0, 0.1) is 0 Å². The van der Waals surface area contributed by atoms with Crippen LogP contribution < -0.4 is 10.1 Å². The Morgan fingerprint density at radius 1 is 1.14 bits per heavy atom. The third-order valence-corrected chi connectivity index (χ3v) is 3.87. The van der Waals surface area contributed by atoms with Gasteiger partial charge in [-0.1, -0.05) is 12.1 Å². The van der Waals surface area contributed by atoms with E-state index in [2.05, 4.69) is 11.4 Å². The lowest BCUT2D eigenvalue weighted by atomic mass is 9.91. The van der Waals surface area contributed by atoms with E-state index in [9.17, 15) is 5.11 Å². The first-order valence-corrected chi connectivity index (χ1v) is 7.61. The molecule has 5 nitrogen and oxygen atoms in total. The quantitative estimate of drug-likeness (QED) is 0.553. The van der Waals surface area contributed by atoms with Gasteiger partial charge in [-0.15, -0.1) is 0 Å². The molecule has 1 aliphatic rings. The second-order valence-corrected chi connectivity index (χ2v) is 5.54. The highest BCUT2D eigenvalue weighted by Gasteiger charge is 2.15. The number of hydrogen-bond donors (Lipinski definition) is 4. The van der Waals surface area contributed by atoms with Crippen LogP contribution in [0.4, 0.5) is 0 Å². The first kappa shape index (κ1) is 16.2. The molecule has 0 amide bonds. The number of rotatable bonds is 8. The van der Waals surface area contributed by atoms with Crippen LogP contribution in [0.5, 0.6) is 5.75 Å². The van der Waals surface area contributed by atoms with Gasteiger partial charge in [0.15, 0.2) is 0 Å². The summed E-state index contributed by atoms with van der Waals surface area (Å²) in [6.07, 6.45) is 3.88. The average molecular weight is 295 g/mol. The van der Waals surface area contributed by atoms with E-state index in [-0.39, 0.29) is 26.4 Å². The molecular formula is C16H25NO4. The summed E-state index contributed by atoms with van der Waals surface area (Å²) in [7, 11) is 0. The monoisotopic (exact) mass is 295 g/mol. The molecule has 1 atom stereocenters. The highest BCUT2D eigenvalue weighted by molar-refractivity contribution is 5.41. The molecular weight excluding hydrogens is 270 g/mol. The summed E-state index contributed by atoms with van der Waals surface area (Å²) in [6, 6.07) is 5.70. The number of nitrogens with one attached hydrogen (secondary N) is 1. The number of aliphatic hydroxyl groups is 3. The predicted octanol–water partition coefficient (Wildman–Crippen LogP) is 0.248. The fourth-order valence-electron chi connectivity index (χ4n) is 2.62. The second-order valence-electron chi connectivity index (χ2n) is 5.54. The van der Waals surface area contributed by atoms with Gasteiger partial charge in [-0.25, -0.2) is 0 Å². The molecule has 2 rings (SSSR count). The van der Waals surface area contributed by atoms with Crippen LogP contribution in [-0.4, -0.2) is 53.8 Å². The first-order chi connectivity index (χ1) is 10.2. The molecule has 5 heteroatoms. The summed E-state index contributed by atoms with van der Waals surface area (Å²) in [5.74, 6) is 0.868. The van der Waals surface area contributed by atoms with Gasteiger partial charge in [-0.3, -0.25) is 0 Å². The fraction of sp³-hybridized carbons (Fsp3) is 0.625. The van der Waals surface area contributed by atoms with Crippen molar-refractivity contribution in [3.8, 4) is 5.75 Å². The smallest absolute Gasteiger partial charge is 0.122 e. The van der Waals surface area contributed by atoms with Crippen LogP contribution in [-0.2, 0) is 12.8 Å². The third kappa shape index (κ3) is 4.68. The normalized spacial score (nSPS) is 15.8. The Kier molecular flexibility index (Phi) is 6.45. The number of hydrogen-bond acceptors (Lipinski definition) is 5. The van der Waals surface area contributed by atoms with E-state index in [0.717, 1.165) is 18.6 Å². The lowest BCUT2D eigenvalue weighted by Gasteiger charge is -2.21. The Morgan fingerprint density at radius 3 is 2.67 bits per heavy atom. The highest BCUT2D eigenvalue weighted by Crippen LogP contribution is 2.29. The van der Waals surface area contributed by atoms with Gasteiger partial charge in [0.25, 0.3) is 0 Å². The fourth-order valence-corrected chi connectivity index (χ4v) is 2.62. The molecule has 0 saturated heterocycles. The lowest BCUT2D eigenvalue weighted by molar-refractivity contribution is 0.0924. The van der Waals surface area contributed by atoms with Crippen LogP contribution in [0.2, 0.25) is 0 Å². The Labute approximate surface area is 125 Å². The first-order valence-electron chi connectivity index (χ1n) is 7.61. The molecule has 1 aliphatic carbocycles. The van der Waals surface area contributed by atoms with Crippen molar-refractivity contribution in [2.75, 3.05) is 26.4 Å². The van der Waals surface area contributed by atoms with Crippen molar-refractivity contribution >= 4 is 0 Å². The van der Waals surface area contributed by atoms with Gasteiger partial charge >= 0.3 is 0 Å². The van der Waals surface area contributed by atoms with Gasteiger partial charge in [-0.2, -0.15) is 0 Å². The molecule has 0 bridgehead atoms. The van der Waals surface area contributed by atoms with Gasteiger partial charge in [0, 0.05) is 6.54 Å². The molecule has 0 fully saturated rings. The summed E-state index contributed by atoms with van der Waals surface area (Å²) >= 11 is 0. The zero-order valence-electron chi connectivity index (χ0n) is 12.3. The molecule has 0 aromatic heterocycles. The van der Waals surface area contributed by atoms with Crippen molar-refractivity contribution in [1.82, 2.24) is 5.32 Å². The van der Waals surface area contributed by atoms with Crippen molar-refractivity contribution in [3.63, 3.8) is 0 Å². The zero-order valence-corrected chi connectivity index (χ0v) is 12.3. The summed E-state index contributed by atoms with van der Waals surface area (Å²) in [6.45, 7) is 0.167. The minimum absolute atomic E-state index is 0.156. The highest BCUT2D eigenvalue weighted by atomic mass is 16.5. The van der Waals surface area contributed by atoms with Crippen molar-refractivity contribution in [1.29, 1.82) is 0 Å². The minimum Gasteiger partial charge on any atom is -0.491 e. The van der Waals surface area contributed by atoms with Gasteiger partial charge in [-0.05, 0) is 42.9 Å². The summed E-state index contributed by atoms with van der Waals surface area (Å²) in [5, 5.41) is 30.7. The Hall–Kier alpha value is -1.14. The molecule has 118 valence electrons. The number of benzene rings is 1. The van der Waals surface area contributed by atoms with E-state index in [1.807, 2.05) is 12.1 Å². The van der Waals surface area contributed by atoms with E-state index in [4.69, 9.17) is 14.9 Å². The SMILES string of the molecule is OCC(CO)NCC(O)COc1cccc2c1CCCC2. The number of aryl methyl sites for hydroxylation is 1. The standard InChI is InChI=1S/C16H25NO4/c18-9-13(10-19)17-8-14(20)11-21-16-7-3-5-12-4-1-2-6-15(12)16/h3,5,7,13-14,17-20H,1-2,4,6,8-11H2. The zero-order chi connectivity index (χ0) is 15.1. The van der Waals surface area contributed by atoms with E-state index in [1.54, 1.807) is 0 Å². The molecule has 0 spiro atoms. The largest absolute Gasteiger partial charge is 0.491 e. The third-order valence-electron chi connectivity index (χ3n) is 3.87. The molecule has 0 radical (unpaired) electrons. The van der Waals surface area contributed by atoms with E-state index in [1.165, 1.54) is 24.0 Å². The van der Waals surface area contributed by atoms with Gasteiger partial charge < -0.3 is 25.4 Å². The summed E-state index contributed by atoms with van der Waals surface area (Å²) in [4.78, 5) is 0. The van der Waals surface area contributed by atoms with Gasteiger partial charge in [0.05, 0.1) is 19.3 Å². The van der Waals surface area contributed by atoms with Crippen LogP contribution >= 0.6 is 0 Å². The van der Waals surface area contributed by atoms with Crippen molar-refractivity contribution in [2.24, 2.45) is 0 Å². The molecule has 1 aromatic carbocycles. The van der Waals surface area contributed by atoms with E-state index in [0.29, 0.717) is 0 Å². The average Bonchev–Trinajstić information content (AvgIpc) is 2.53. The molecule has 4 N–H and O–H groups in total. The molecule has 1 aromatic rings. The second kappa shape index (κ2) is 8.34. The summed E-state index contributed by atoms with van der Waals surface area (Å²) < 4.78 is 5.75. The van der Waals surface area contributed by atoms with Crippen LogP contribution in [0.1, 0.15) is 24.0 Å². The van der Waals surface area contributed by atoms with Crippen LogP contribution in [0.3, 0.4) is 0 Å². The van der Waals surface area contributed by atoms with Crippen molar-refractivity contribution in [3.05, 3.63) is 29.3 Å². The molecule has 0 heterocycles. The summed E-state index contributed by atoms with van der Waals surface area (Å²) in [5.41, 5.74) is 2.62. The molecule has 0 saturated carbocycles. The molecule has 21 heavy (non-hydrogen) atoms. The van der Waals surface area contributed by atoms with Gasteiger partial charge in [0.2, 0.25) is 0 Å². The topological polar surface area (TPSA) is 82.0 Å². The van der Waals surface area contributed by atoms with Gasteiger partial charge in [0.1, 0.15) is 18.5 Å². The molecule has 0 aliphatic heterocycles. The number of ether oxygens (including phenoxy) is 1. The number of fused-ring (bicyclic) bond motifs is 1. The Morgan fingerprint density at radius 2 is 1.90 bits per heavy atom. The van der Waals surface area contributed by atoms with E-state index < -0.39 is 12.1 Å². The van der Waals surface area contributed by atoms with Crippen molar-refractivity contribution in [2.45, 2.75) is 37.8 Å². The molecule has 1 unspecified atom stereocenters. The number of aliphatic hydroxyl groups excluding tert-OH is 3. The maximum absolute atomic E-state index is 9.90. The van der Waals surface area contributed by atoms with Crippen LogP contribution in [0.15, 0.2) is 18.2 Å². The Bertz CT molecular complexity index is 434. The van der Waals surface area contributed by atoms with E-state index >= 15 is 0 Å². The van der Waals surface area contributed by atoms with Crippen molar-refractivity contribution < 1.29 is 20.1 Å². The maximum Gasteiger partial charge on any atom is 0.122 e. The lowest BCUT2D eigenvalue weighted by Crippen LogP contribution is -2.42.